The molecule has 1 N–H and O–H groups in total. The molecule has 1 fully saturated rings. The number of aromatic nitrogens is 5. The van der Waals surface area contributed by atoms with Crippen molar-refractivity contribution in [3.05, 3.63) is 31.1 Å². The van der Waals surface area contributed by atoms with Gasteiger partial charge in [-0.1, -0.05) is 0 Å². The SMILES string of the molecule is CC(C(=O)NC1CCN(c2ncccn2)CC1)n1cncn1. The van der Waals surface area contributed by atoms with Gasteiger partial charge in [0.2, 0.25) is 11.9 Å². The van der Waals surface area contributed by atoms with E-state index in [2.05, 4.69) is 30.3 Å². The van der Waals surface area contributed by atoms with Crippen molar-refractivity contribution in [2.24, 2.45) is 0 Å². The maximum atomic E-state index is 12.2. The first kappa shape index (κ1) is 14.4. The van der Waals surface area contributed by atoms with Gasteiger partial charge in [-0.05, 0) is 25.8 Å². The van der Waals surface area contributed by atoms with E-state index in [9.17, 15) is 4.79 Å². The number of amides is 1. The zero-order valence-electron chi connectivity index (χ0n) is 12.5. The van der Waals surface area contributed by atoms with Crippen LogP contribution in [0.3, 0.4) is 0 Å². The summed E-state index contributed by atoms with van der Waals surface area (Å²) in [5.41, 5.74) is 0. The highest BCUT2D eigenvalue weighted by Gasteiger charge is 2.24. The summed E-state index contributed by atoms with van der Waals surface area (Å²) >= 11 is 0. The summed E-state index contributed by atoms with van der Waals surface area (Å²) < 4.78 is 1.56. The van der Waals surface area contributed by atoms with Crippen LogP contribution in [-0.4, -0.2) is 49.8 Å². The Labute approximate surface area is 128 Å². The number of carbonyl (C=O) groups excluding carboxylic acids is 1. The van der Waals surface area contributed by atoms with Gasteiger partial charge in [0.05, 0.1) is 0 Å². The zero-order valence-corrected chi connectivity index (χ0v) is 12.5. The third kappa shape index (κ3) is 3.21. The summed E-state index contributed by atoms with van der Waals surface area (Å²) in [5, 5.41) is 7.09. The van der Waals surface area contributed by atoms with Crippen molar-refractivity contribution in [3.8, 4) is 0 Å². The quantitative estimate of drug-likeness (QED) is 0.880. The number of nitrogens with zero attached hydrogens (tertiary/aromatic N) is 6. The Hall–Kier alpha value is -2.51. The van der Waals surface area contributed by atoms with E-state index in [1.165, 1.54) is 6.33 Å². The maximum absolute atomic E-state index is 12.2. The fourth-order valence-electron chi connectivity index (χ4n) is 2.54. The van der Waals surface area contributed by atoms with Gasteiger partial charge in [0.25, 0.3) is 0 Å². The standard InChI is InChI=1S/C14H19N7O/c1-11(21-10-15-9-18-21)13(22)19-12-3-7-20(8-4-12)14-16-5-2-6-17-14/h2,5-6,9-12H,3-4,7-8H2,1H3,(H,19,22). The Morgan fingerprint density at radius 1 is 1.32 bits per heavy atom. The molecule has 3 rings (SSSR count). The van der Waals surface area contributed by atoms with Crippen molar-refractivity contribution in [2.45, 2.75) is 31.8 Å². The molecule has 1 saturated heterocycles. The lowest BCUT2D eigenvalue weighted by Crippen LogP contribution is -2.46. The lowest BCUT2D eigenvalue weighted by Gasteiger charge is -2.32. The number of rotatable bonds is 4. The third-order valence-corrected chi connectivity index (χ3v) is 3.89. The van der Waals surface area contributed by atoms with E-state index in [0.29, 0.717) is 0 Å². The van der Waals surface area contributed by atoms with Gasteiger partial charge in [0, 0.05) is 31.5 Å². The Bertz CT molecular complexity index is 593. The van der Waals surface area contributed by atoms with E-state index in [1.807, 2.05) is 13.0 Å². The molecule has 2 aromatic heterocycles. The van der Waals surface area contributed by atoms with Crippen LogP contribution >= 0.6 is 0 Å². The summed E-state index contributed by atoms with van der Waals surface area (Å²) in [7, 11) is 0. The second-order valence-electron chi connectivity index (χ2n) is 5.37. The molecular weight excluding hydrogens is 282 g/mol. The van der Waals surface area contributed by atoms with Gasteiger partial charge in [-0.25, -0.2) is 19.6 Å². The fraction of sp³-hybridized carbons (Fsp3) is 0.500. The van der Waals surface area contributed by atoms with E-state index in [0.717, 1.165) is 31.9 Å². The van der Waals surface area contributed by atoms with E-state index in [4.69, 9.17) is 0 Å². The van der Waals surface area contributed by atoms with Crippen molar-refractivity contribution < 1.29 is 4.79 Å². The van der Waals surface area contributed by atoms with Crippen molar-refractivity contribution in [2.75, 3.05) is 18.0 Å². The smallest absolute Gasteiger partial charge is 0.244 e. The molecule has 1 amide bonds. The van der Waals surface area contributed by atoms with Crippen LogP contribution in [0.4, 0.5) is 5.95 Å². The first-order valence-electron chi connectivity index (χ1n) is 7.40. The van der Waals surface area contributed by atoms with Gasteiger partial charge in [-0.15, -0.1) is 0 Å². The number of carbonyl (C=O) groups is 1. The summed E-state index contributed by atoms with van der Waals surface area (Å²) in [4.78, 5) is 26.8. The van der Waals surface area contributed by atoms with Gasteiger partial charge < -0.3 is 10.2 Å². The molecule has 116 valence electrons. The second kappa shape index (κ2) is 6.50. The molecule has 22 heavy (non-hydrogen) atoms. The van der Waals surface area contributed by atoms with Crippen molar-refractivity contribution in [1.29, 1.82) is 0 Å². The molecule has 2 aromatic rings. The Kier molecular flexibility index (Phi) is 4.27. The highest BCUT2D eigenvalue weighted by molar-refractivity contribution is 5.80. The average molecular weight is 301 g/mol. The van der Waals surface area contributed by atoms with E-state index in [-0.39, 0.29) is 18.0 Å². The van der Waals surface area contributed by atoms with Crippen molar-refractivity contribution >= 4 is 11.9 Å². The molecule has 0 radical (unpaired) electrons. The highest BCUT2D eigenvalue weighted by Crippen LogP contribution is 2.16. The number of nitrogens with one attached hydrogen (secondary N) is 1. The van der Waals surface area contributed by atoms with E-state index in [1.54, 1.807) is 23.4 Å². The molecule has 0 aromatic carbocycles. The highest BCUT2D eigenvalue weighted by atomic mass is 16.2. The molecule has 1 atom stereocenters. The van der Waals surface area contributed by atoms with Crippen LogP contribution < -0.4 is 10.2 Å². The molecule has 8 heteroatoms. The van der Waals surface area contributed by atoms with Gasteiger partial charge in [0.1, 0.15) is 18.7 Å². The number of hydrogen-bond acceptors (Lipinski definition) is 6. The predicted octanol–water partition coefficient (Wildman–Crippen LogP) is 0.414. The molecule has 8 nitrogen and oxygen atoms in total. The molecule has 0 aliphatic carbocycles. The van der Waals surface area contributed by atoms with Gasteiger partial charge >= 0.3 is 0 Å². The van der Waals surface area contributed by atoms with E-state index < -0.39 is 0 Å². The van der Waals surface area contributed by atoms with Crippen LogP contribution in [0.1, 0.15) is 25.8 Å². The maximum Gasteiger partial charge on any atom is 0.244 e. The minimum absolute atomic E-state index is 0.0279. The van der Waals surface area contributed by atoms with Crippen molar-refractivity contribution in [1.82, 2.24) is 30.0 Å². The Balaban J connectivity index is 1.51. The molecule has 1 aliphatic heterocycles. The molecular formula is C14H19N7O. The molecule has 0 saturated carbocycles. The number of hydrogen-bond donors (Lipinski definition) is 1. The number of piperidine rings is 1. The lowest BCUT2D eigenvalue weighted by molar-refractivity contribution is -0.125. The van der Waals surface area contributed by atoms with Crippen LogP contribution in [-0.2, 0) is 4.79 Å². The first-order valence-corrected chi connectivity index (χ1v) is 7.40. The summed E-state index contributed by atoms with van der Waals surface area (Å²) in [6, 6.07) is 1.64. The minimum Gasteiger partial charge on any atom is -0.351 e. The third-order valence-electron chi connectivity index (χ3n) is 3.89. The number of anilines is 1. The summed E-state index contributed by atoms with van der Waals surface area (Å²) in [6.07, 6.45) is 8.25. The lowest BCUT2D eigenvalue weighted by atomic mass is 10.0. The van der Waals surface area contributed by atoms with Gasteiger partial charge in [-0.3, -0.25) is 4.79 Å². The normalized spacial score (nSPS) is 17.2. The van der Waals surface area contributed by atoms with Crippen LogP contribution in [0.25, 0.3) is 0 Å². The van der Waals surface area contributed by atoms with Crippen LogP contribution in [0.15, 0.2) is 31.1 Å². The molecule has 1 unspecified atom stereocenters. The Morgan fingerprint density at radius 2 is 2.05 bits per heavy atom. The summed E-state index contributed by atoms with van der Waals surface area (Å²) in [5.74, 6) is 0.725. The Morgan fingerprint density at radius 3 is 2.68 bits per heavy atom. The predicted molar refractivity (Wildman–Crippen MR) is 80.1 cm³/mol. The van der Waals surface area contributed by atoms with Crippen molar-refractivity contribution in [3.63, 3.8) is 0 Å². The molecule has 3 heterocycles. The largest absolute Gasteiger partial charge is 0.351 e. The summed E-state index contributed by atoms with van der Waals surface area (Å²) in [6.45, 7) is 3.50. The molecule has 0 bridgehead atoms. The zero-order chi connectivity index (χ0) is 15.4. The average Bonchev–Trinajstić information content (AvgIpc) is 3.10. The first-order chi connectivity index (χ1) is 10.7. The van der Waals surface area contributed by atoms with Crippen LogP contribution in [0, 0.1) is 0 Å². The van der Waals surface area contributed by atoms with Crippen LogP contribution in [0.5, 0.6) is 0 Å². The van der Waals surface area contributed by atoms with Gasteiger partial charge in [0.15, 0.2) is 0 Å². The monoisotopic (exact) mass is 301 g/mol. The second-order valence-corrected chi connectivity index (χ2v) is 5.37. The van der Waals surface area contributed by atoms with Crippen LogP contribution in [0.2, 0.25) is 0 Å². The fourth-order valence-corrected chi connectivity index (χ4v) is 2.54. The molecule has 0 spiro atoms. The minimum atomic E-state index is -0.349. The van der Waals surface area contributed by atoms with E-state index >= 15 is 0 Å². The van der Waals surface area contributed by atoms with Gasteiger partial charge in [-0.2, -0.15) is 5.10 Å². The molecule has 1 aliphatic rings. The topological polar surface area (TPSA) is 88.8 Å².